The number of aliphatic hydroxyl groups excluding tert-OH is 1. The summed E-state index contributed by atoms with van der Waals surface area (Å²) in [5.41, 5.74) is 2.01. The Balaban J connectivity index is 1.39. The zero-order valence-corrected chi connectivity index (χ0v) is 20.5. The van der Waals surface area contributed by atoms with Crippen LogP contribution in [0.5, 0.6) is 0 Å². The van der Waals surface area contributed by atoms with Gasteiger partial charge in [0.05, 0.1) is 19.0 Å². The predicted molar refractivity (Wildman–Crippen MR) is 135 cm³/mol. The van der Waals surface area contributed by atoms with Crippen molar-refractivity contribution in [2.75, 3.05) is 30.0 Å². The maximum atomic E-state index is 12.0. The van der Waals surface area contributed by atoms with E-state index in [1.54, 1.807) is 22.7 Å². The third-order valence-corrected chi connectivity index (χ3v) is 6.87. The van der Waals surface area contributed by atoms with E-state index in [9.17, 15) is 9.90 Å². The minimum absolute atomic E-state index is 0.0964. The van der Waals surface area contributed by atoms with Crippen LogP contribution in [0.2, 0.25) is 0 Å². The fourth-order valence-electron chi connectivity index (χ4n) is 4.27. The molecular formula is C24H28N6O5S. The van der Waals surface area contributed by atoms with E-state index in [-0.39, 0.29) is 24.8 Å². The molecule has 2 aliphatic heterocycles. The first kappa shape index (κ1) is 24.7. The average molecular weight is 513 g/mol. The topological polar surface area (TPSA) is 133 Å². The van der Waals surface area contributed by atoms with Gasteiger partial charge in [0, 0.05) is 18.1 Å². The molecule has 190 valence electrons. The van der Waals surface area contributed by atoms with Crippen LogP contribution >= 0.6 is 11.8 Å². The van der Waals surface area contributed by atoms with Gasteiger partial charge in [-0.25, -0.2) is 19.7 Å². The number of benzene rings is 1. The maximum absolute atomic E-state index is 12.0. The van der Waals surface area contributed by atoms with Crippen molar-refractivity contribution in [2.45, 2.75) is 37.8 Å². The number of amides is 2. The van der Waals surface area contributed by atoms with Crippen LogP contribution < -0.4 is 10.6 Å². The maximum Gasteiger partial charge on any atom is 0.320 e. The van der Waals surface area contributed by atoms with Crippen LogP contribution in [-0.4, -0.2) is 79.9 Å². The molecule has 4 heterocycles. The molecule has 3 aromatic rings. The lowest BCUT2D eigenvalue weighted by molar-refractivity contribution is -0.120. The summed E-state index contributed by atoms with van der Waals surface area (Å²) in [5.74, 6) is 1.56. The minimum atomic E-state index is -0.540. The van der Waals surface area contributed by atoms with Gasteiger partial charge in [0.25, 0.3) is 0 Å². The molecule has 5 rings (SSSR count). The molecule has 2 aliphatic rings. The van der Waals surface area contributed by atoms with Gasteiger partial charge >= 0.3 is 6.03 Å². The summed E-state index contributed by atoms with van der Waals surface area (Å²) < 4.78 is 20.7. The zero-order chi connectivity index (χ0) is 24.9. The number of thioether (sulfide) groups is 1. The lowest BCUT2D eigenvalue weighted by Crippen LogP contribution is -2.30. The van der Waals surface area contributed by atoms with Gasteiger partial charge in [-0.15, -0.1) is 0 Å². The van der Waals surface area contributed by atoms with Crippen molar-refractivity contribution in [3.05, 3.63) is 54.6 Å². The molecule has 0 bridgehead atoms. The highest BCUT2D eigenvalue weighted by atomic mass is 32.2. The smallest absolute Gasteiger partial charge is 0.320 e. The Hall–Kier alpha value is -3.03. The minimum Gasteiger partial charge on any atom is -0.396 e. The van der Waals surface area contributed by atoms with Crippen molar-refractivity contribution in [1.29, 1.82) is 0 Å². The van der Waals surface area contributed by atoms with Gasteiger partial charge in [-0.05, 0) is 18.6 Å². The Kier molecular flexibility index (Phi) is 7.78. The molecule has 0 unspecified atom stereocenters. The lowest BCUT2D eigenvalue weighted by atomic mass is 10.1. The van der Waals surface area contributed by atoms with Gasteiger partial charge in [0.15, 0.2) is 29.5 Å². The van der Waals surface area contributed by atoms with E-state index in [0.29, 0.717) is 35.0 Å². The van der Waals surface area contributed by atoms with Crippen LogP contribution in [0.4, 0.5) is 10.6 Å². The predicted octanol–water partition coefficient (Wildman–Crippen LogP) is 2.41. The van der Waals surface area contributed by atoms with Gasteiger partial charge < -0.3 is 24.6 Å². The molecule has 1 aromatic carbocycles. The number of carbonyl (C=O) groups is 1. The summed E-state index contributed by atoms with van der Waals surface area (Å²) in [7, 11) is 0. The number of aromatic nitrogens is 4. The normalized spacial score (nSPS) is 25.4. The largest absolute Gasteiger partial charge is 0.396 e. The van der Waals surface area contributed by atoms with Gasteiger partial charge in [-0.2, -0.15) is 11.8 Å². The number of urea groups is 1. The second-order valence-electron chi connectivity index (χ2n) is 8.23. The quantitative estimate of drug-likeness (QED) is 0.370. The second kappa shape index (κ2) is 11.4. The molecule has 12 heteroatoms. The van der Waals surface area contributed by atoms with Gasteiger partial charge in [0.1, 0.15) is 18.5 Å². The molecule has 0 saturated carbocycles. The Morgan fingerprint density at radius 2 is 2.00 bits per heavy atom. The van der Waals surface area contributed by atoms with Crippen molar-refractivity contribution in [3.63, 3.8) is 0 Å². The van der Waals surface area contributed by atoms with E-state index in [1.807, 2.05) is 49.4 Å². The molecule has 0 radical (unpaired) electrons. The van der Waals surface area contributed by atoms with Crippen molar-refractivity contribution in [1.82, 2.24) is 24.8 Å². The number of hydrogen-bond acceptors (Lipinski definition) is 9. The van der Waals surface area contributed by atoms with Crippen LogP contribution in [0.15, 0.2) is 49.1 Å². The van der Waals surface area contributed by atoms with Gasteiger partial charge in [-0.3, -0.25) is 9.88 Å². The van der Waals surface area contributed by atoms with E-state index in [4.69, 9.17) is 14.2 Å². The van der Waals surface area contributed by atoms with E-state index < -0.39 is 18.6 Å². The van der Waals surface area contributed by atoms with E-state index >= 15 is 0 Å². The van der Waals surface area contributed by atoms with Gasteiger partial charge in [0.2, 0.25) is 0 Å². The van der Waals surface area contributed by atoms with Crippen LogP contribution in [0.25, 0.3) is 17.2 Å². The molecule has 2 saturated heterocycles. The molecule has 36 heavy (non-hydrogen) atoms. The standard InChI is InChI=1S/C24H28N6O5S/c1-2-25-24(32)29-21-18-22(27-13-26-21)30(14-28-18)23-20-19(16(33-23)12-36-11-10-31)34-17(35-20)9-8-15-6-4-3-5-7-15/h3-9,13-14,16-17,19-20,23,31H,2,10-12H2,1H3,(H2,25,26,27,29,32)/b9-8+/t16-,17+,19-,20-,23-/m1/s1. The number of nitrogens with one attached hydrogen (secondary N) is 2. The first-order valence-corrected chi connectivity index (χ1v) is 12.9. The first-order valence-electron chi connectivity index (χ1n) is 11.8. The highest BCUT2D eigenvalue weighted by Crippen LogP contribution is 2.41. The molecular weight excluding hydrogens is 484 g/mol. The Bertz CT molecular complexity index is 1210. The number of rotatable bonds is 9. The number of anilines is 1. The molecule has 0 aliphatic carbocycles. The molecule has 3 N–H and O–H groups in total. The van der Waals surface area contributed by atoms with Crippen LogP contribution in [0.1, 0.15) is 18.7 Å². The number of ether oxygens (including phenoxy) is 3. The molecule has 11 nitrogen and oxygen atoms in total. The number of carbonyl (C=O) groups excluding carboxylic acids is 1. The lowest BCUT2D eigenvalue weighted by Gasteiger charge is -2.20. The highest BCUT2D eigenvalue weighted by Gasteiger charge is 2.53. The third-order valence-electron chi connectivity index (χ3n) is 5.83. The Morgan fingerprint density at radius 3 is 2.81 bits per heavy atom. The zero-order valence-electron chi connectivity index (χ0n) is 19.7. The molecule has 5 atom stereocenters. The molecule has 2 aromatic heterocycles. The van der Waals surface area contributed by atoms with Crippen LogP contribution in [0.3, 0.4) is 0 Å². The summed E-state index contributed by atoms with van der Waals surface area (Å²) in [4.78, 5) is 25.1. The number of hydrogen-bond donors (Lipinski definition) is 3. The summed E-state index contributed by atoms with van der Waals surface area (Å²) in [6.07, 6.45) is 4.82. The number of nitrogens with zero attached hydrogens (tertiary/aromatic N) is 4. The number of aliphatic hydroxyl groups is 1. The van der Waals surface area contributed by atoms with Crippen molar-refractivity contribution >= 4 is 40.9 Å². The number of fused-ring (bicyclic) bond motifs is 2. The second-order valence-corrected chi connectivity index (χ2v) is 9.38. The Morgan fingerprint density at radius 1 is 1.17 bits per heavy atom. The summed E-state index contributed by atoms with van der Waals surface area (Å²) in [6.45, 7) is 2.42. The summed E-state index contributed by atoms with van der Waals surface area (Å²) >= 11 is 1.59. The summed E-state index contributed by atoms with van der Waals surface area (Å²) in [5, 5.41) is 14.6. The third kappa shape index (κ3) is 5.22. The molecule has 0 spiro atoms. The van der Waals surface area contributed by atoms with E-state index in [0.717, 1.165) is 5.56 Å². The van der Waals surface area contributed by atoms with Crippen LogP contribution in [0, 0.1) is 0 Å². The first-order chi connectivity index (χ1) is 17.7. The number of imidazole rings is 1. The van der Waals surface area contributed by atoms with Crippen LogP contribution in [-0.2, 0) is 14.2 Å². The summed E-state index contributed by atoms with van der Waals surface area (Å²) in [6, 6.07) is 9.57. The fraction of sp³-hybridized carbons (Fsp3) is 0.417. The van der Waals surface area contributed by atoms with Crippen molar-refractivity contribution in [3.8, 4) is 0 Å². The van der Waals surface area contributed by atoms with Gasteiger partial charge in [-0.1, -0.05) is 36.4 Å². The van der Waals surface area contributed by atoms with E-state index in [2.05, 4.69) is 25.6 Å². The Labute approximate surface area is 212 Å². The molecule has 2 fully saturated rings. The highest BCUT2D eigenvalue weighted by molar-refractivity contribution is 7.99. The average Bonchev–Trinajstić information content (AvgIpc) is 3.58. The SMILES string of the molecule is CCNC(=O)Nc1ncnc2c1ncn2[C@@H]1O[C@H](CSCCO)[C@H]2O[C@H](/C=C/c3ccccc3)O[C@H]21. The molecule has 2 amide bonds. The van der Waals surface area contributed by atoms with E-state index in [1.165, 1.54) is 6.33 Å². The van der Waals surface area contributed by atoms with Crippen molar-refractivity contribution in [2.24, 2.45) is 0 Å². The monoisotopic (exact) mass is 512 g/mol. The van der Waals surface area contributed by atoms with Crippen molar-refractivity contribution < 1.29 is 24.1 Å². The fourth-order valence-corrected chi connectivity index (χ4v) is 5.06.